The third-order valence-corrected chi connectivity index (χ3v) is 6.83. The lowest BCUT2D eigenvalue weighted by Gasteiger charge is -2.44. The van der Waals surface area contributed by atoms with Crippen LogP contribution < -0.4 is 4.90 Å². The van der Waals surface area contributed by atoms with Crippen molar-refractivity contribution in [2.75, 3.05) is 11.5 Å². The van der Waals surface area contributed by atoms with Gasteiger partial charge >= 0.3 is 0 Å². The molecule has 0 aliphatic carbocycles. The largest absolute Gasteiger partial charge is 0.394 e. The molecule has 2 aromatic rings. The van der Waals surface area contributed by atoms with Crippen LogP contribution >= 0.6 is 23.6 Å². The number of benzene rings is 1. The standard InChI is InChI=1S/C18H19N5O8S2/c1-7-15(28)22(17-20-19-14(33-17)8-2-4-9(5-3-8)23(29)30)18(32)21(7)16-13(27)12(26)11(25)10(6-24)31-16/h2-5,7,10-13,16,24-27H,6H2,1H3/t7?,10-,11-,12+,13-,16-/m1/s1. The molecule has 0 radical (unpaired) electrons. The summed E-state index contributed by atoms with van der Waals surface area (Å²) in [6.07, 6.45) is -7.26. The first-order valence-electron chi connectivity index (χ1n) is 9.70. The van der Waals surface area contributed by atoms with Gasteiger partial charge in [-0.2, -0.15) is 0 Å². The van der Waals surface area contributed by atoms with Crippen LogP contribution in [0.5, 0.6) is 0 Å². The minimum atomic E-state index is -1.63. The summed E-state index contributed by atoms with van der Waals surface area (Å²) in [5, 5.41) is 59.4. The molecule has 3 heterocycles. The Labute approximate surface area is 195 Å². The van der Waals surface area contributed by atoms with Crippen molar-refractivity contribution in [3.63, 3.8) is 0 Å². The Hall–Kier alpha value is -2.66. The number of anilines is 1. The third kappa shape index (κ3) is 3.97. The highest BCUT2D eigenvalue weighted by molar-refractivity contribution is 7.80. The molecule has 1 aromatic carbocycles. The van der Waals surface area contributed by atoms with Crippen LogP contribution in [0.4, 0.5) is 10.8 Å². The zero-order chi connectivity index (χ0) is 24.0. The Bertz CT molecular complexity index is 1080. The van der Waals surface area contributed by atoms with Gasteiger partial charge in [-0.05, 0) is 31.3 Å². The van der Waals surface area contributed by atoms with E-state index in [1.807, 2.05) is 0 Å². The normalized spacial score (nSPS) is 30.2. The maximum atomic E-state index is 13.0. The summed E-state index contributed by atoms with van der Waals surface area (Å²) >= 11 is 6.47. The number of carbonyl (C=O) groups is 1. The quantitative estimate of drug-likeness (QED) is 0.230. The minimum Gasteiger partial charge on any atom is -0.394 e. The second-order valence-corrected chi connectivity index (χ2v) is 8.77. The highest BCUT2D eigenvalue weighted by Crippen LogP contribution is 2.35. The minimum absolute atomic E-state index is 0.0665. The monoisotopic (exact) mass is 497 g/mol. The zero-order valence-electron chi connectivity index (χ0n) is 17.0. The first-order valence-corrected chi connectivity index (χ1v) is 10.9. The molecule has 13 nitrogen and oxygen atoms in total. The Morgan fingerprint density at radius 3 is 2.45 bits per heavy atom. The van der Waals surface area contributed by atoms with Crippen molar-refractivity contribution in [1.82, 2.24) is 15.1 Å². The molecule has 0 saturated carbocycles. The molecular weight excluding hydrogens is 478 g/mol. The summed E-state index contributed by atoms with van der Waals surface area (Å²) in [5.74, 6) is -0.483. The van der Waals surface area contributed by atoms with E-state index in [2.05, 4.69) is 10.2 Å². The summed E-state index contributed by atoms with van der Waals surface area (Å²) in [4.78, 5) is 25.7. The third-order valence-electron chi connectivity index (χ3n) is 5.48. The fourth-order valence-electron chi connectivity index (χ4n) is 3.65. The van der Waals surface area contributed by atoms with E-state index in [1.165, 1.54) is 36.1 Å². The number of nitro groups is 1. The number of amides is 1. The lowest BCUT2D eigenvalue weighted by Crippen LogP contribution is -2.64. The molecule has 1 unspecified atom stereocenters. The summed E-state index contributed by atoms with van der Waals surface area (Å²) in [6, 6.07) is 4.76. The number of rotatable bonds is 5. The van der Waals surface area contributed by atoms with Crippen LogP contribution in [0.2, 0.25) is 0 Å². The highest BCUT2D eigenvalue weighted by atomic mass is 32.1. The van der Waals surface area contributed by atoms with E-state index in [0.29, 0.717) is 10.6 Å². The fourth-order valence-corrected chi connectivity index (χ4v) is 5.00. The number of nitro benzene ring substituents is 1. The SMILES string of the molecule is CC1C(=O)N(c2nnc(-c3ccc([N+](=O)[O-])cc3)s2)C(=S)N1[C@@H]1O[C@H](CO)[C@@H](O)[C@H](O)[C@H]1O. The average Bonchev–Trinajstić information content (AvgIpc) is 3.36. The first kappa shape index (κ1) is 23.5. The number of aliphatic hydroxyl groups excluding tert-OH is 4. The van der Waals surface area contributed by atoms with Gasteiger partial charge in [0.15, 0.2) is 11.3 Å². The molecule has 0 bridgehead atoms. The van der Waals surface area contributed by atoms with E-state index < -0.39 is 54.1 Å². The second kappa shape index (κ2) is 8.94. The molecule has 4 N–H and O–H groups in total. The zero-order valence-corrected chi connectivity index (χ0v) is 18.6. The maximum Gasteiger partial charge on any atom is 0.269 e. The number of hydrogen-bond donors (Lipinski definition) is 4. The number of ether oxygens (including phenoxy) is 1. The molecule has 4 rings (SSSR count). The number of carbonyl (C=O) groups excluding carboxylic acids is 1. The Balaban J connectivity index is 1.60. The molecule has 2 fully saturated rings. The van der Waals surface area contributed by atoms with Gasteiger partial charge < -0.3 is 30.1 Å². The van der Waals surface area contributed by atoms with Crippen LogP contribution in [0.15, 0.2) is 24.3 Å². The van der Waals surface area contributed by atoms with E-state index in [0.717, 1.165) is 16.2 Å². The predicted octanol–water partition coefficient (Wildman–Crippen LogP) is -0.765. The molecule has 0 spiro atoms. The van der Waals surface area contributed by atoms with Gasteiger partial charge in [0.2, 0.25) is 5.13 Å². The molecule has 1 aromatic heterocycles. The Kier molecular flexibility index (Phi) is 6.37. The molecule has 6 atom stereocenters. The van der Waals surface area contributed by atoms with Crippen molar-refractivity contribution < 1.29 is 34.9 Å². The van der Waals surface area contributed by atoms with Gasteiger partial charge in [-0.3, -0.25) is 14.9 Å². The van der Waals surface area contributed by atoms with Gasteiger partial charge in [-0.25, -0.2) is 4.90 Å². The van der Waals surface area contributed by atoms with E-state index >= 15 is 0 Å². The number of aromatic nitrogens is 2. The summed E-state index contributed by atoms with van der Waals surface area (Å²) in [7, 11) is 0. The highest BCUT2D eigenvalue weighted by Gasteiger charge is 2.53. The van der Waals surface area contributed by atoms with Crippen LogP contribution in [-0.2, 0) is 9.53 Å². The van der Waals surface area contributed by atoms with Crippen LogP contribution in [0.25, 0.3) is 10.6 Å². The van der Waals surface area contributed by atoms with Crippen molar-refractivity contribution in [2.45, 2.75) is 43.6 Å². The summed E-state index contributed by atoms with van der Waals surface area (Å²) in [5.41, 5.74) is 0.476. The average molecular weight is 498 g/mol. The molecule has 176 valence electrons. The number of nitrogens with zero attached hydrogens (tertiary/aromatic N) is 5. The number of thiocarbonyl (C=S) groups is 1. The first-order chi connectivity index (χ1) is 15.6. The topological polar surface area (TPSA) is 183 Å². The van der Waals surface area contributed by atoms with Crippen LogP contribution in [0.3, 0.4) is 0 Å². The van der Waals surface area contributed by atoms with Gasteiger partial charge in [0, 0.05) is 17.7 Å². The van der Waals surface area contributed by atoms with Crippen molar-refractivity contribution in [3.05, 3.63) is 34.4 Å². The predicted molar refractivity (Wildman–Crippen MR) is 117 cm³/mol. The lowest BCUT2D eigenvalue weighted by molar-refractivity contribution is -0.384. The van der Waals surface area contributed by atoms with Gasteiger partial charge in [-0.1, -0.05) is 11.3 Å². The van der Waals surface area contributed by atoms with Gasteiger partial charge in [0.1, 0.15) is 35.5 Å². The maximum absolute atomic E-state index is 13.0. The molecule has 15 heteroatoms. The summed E-state index contributed by atoms with van der Waals surface area (Å²) in [6.45, 7) is 0.900. The Morgan fingerprint density at radius 1 is 1.18 bits per heavy atom. The van der Waals surface area contributed by atoms with Crippen LogP contribution in [0.1, 0.15) is 6.92 Å². The fraction of sp³-hybridized carbons (Fsp3) is 0.444. The molecule has 2 saturated heterocycles. The van der Waals surface area contributed by atoms with E-state index in [4.69, 9.17) is 17.0 Å². The van der Waals surface area contributed by atoms with Crippen molar-refractivity contribution in [2.24, 2.45) is 0 Å². The number of aliphatic hydroxyl groups is 4. The van der Waals surface area contributed by atoms with Crippen molar-refractivity contribution >= 4 is 45.4 Å². The molecule has 2 aliphatic heterocycles. The summed E-state index contributed by atoms with van der Waals surface area (Å²) < 4.78 is 5.55. The lowest BCUT2D eigenvalue weighted by atomic mass is 9.97. The van der Waals surface area contributed by atoms with Gasteiger partial charge in [-0.15, -0.1) is 10.2 Å². The Morgan fingerprint density at radius 2 is 1.85 bits per heavy atom. The number of hydrogen-bond acceptors (Lipinski definition) is 12. The van der Waals surface area contributed by atoms with Gasteiger partial charge in [0.25, 0.3) is 11.6 Å². The second-order valence-electron chi connectivity index (χ2n) is 7.45. The molecule has 1 amide bonds. The van der Waals surface area contributed by atoms with Crippen LogP contribution in [0, 0.1) is 10.1 Å². The van der Waals surface area contributed by atoms with E-state index in [-0.39, 0.29) is 15.9 Å². The van der Waals surface area contributed by atoms with Crippen LogP contribution in [-0.4, -0.2) is 94.8 Å². The smallest absolute Gasteiger partial charge is 0.269 e. The van der Waals surface area contributed by atoms with Gasteiger partial charge in [0.05, 0.1) is 11.5 Å². The van der Waals surface area contributed by atoms with Crippen molar-refractivity contribution in [3.8, 4) is 10.6 Å². The van der Waals surface area contributed by atoms with Crippen molar-refractivity contribution in [1.29, 1.82) is 0 Å². The van der Waals surface area contributed by atoms with E-state index in [9.17, 15) is 35.3 Å². The molecule has 2 aliphatic rings. The molecule has 33 heavy (non-hydrogen) atoms. The molecular formula is C18H19N5O8S2. The number of non-ortho nitro benzene ring substituents is 1. The van der Waals surface area contributed by atoms with E-state index in [1.54, 1.807) is 0 Å².